The summed E-state index contributed by atoms with van der Waals surface area (Å²) in [6, 6.07) is 18.8. The lowest BCUT2D eigenvalue weighted by atomic mass is 9.81. The smallest absolute Gasteiger partial charge is 0.335 e. The highest BCUT2D eigenvalue weighted by atomic mass is 16.4. The number of hydrogen-bond acceptors (Lipinski definition) is 3. The molecular formula is C31H35NO3. The number of rotatable bonds is 8. The van der Waals surface area contributed by atoms with Gasteiger partial charge in [-0.3, -0.25) is 4.79 Å². The number of anilines is 1. The normalized spacial score (nSPS) is 11.7. The average Bonchev–Trinajstić information content (AvgIpc) is 2.80. The number of nitrogens with one attached hydrogen (secondary N) is 1. The Morgan fingerprint density at radius 1 is 0.943 bits per heavy atom. The van der Waals surface area contributed by atoms with Gasteiger partial charge in [-0.2, -0.15) is 0 Å². The molecule has 0 saturated heterocycles. The van der Waals surface area contributed by atoms with Gasteiger partial charge in [0.2, 0.25) is 0 Å². The quantitative estimate of drug-likeness (QED) is 0.263. The minimum atomic E-state index is -0.971. The molecule has 182 valence electrons. The molecule has 0 spiro atoms. The van der Waals surface area contributed by atoms with E-state index in [1.165, 1.54) is 17.7 Å². The van der Waals surface area contributed by atoms with Gasteiger partial charge >= 0.3 is 5.97 Å². The number of benzene rings is 3. The maximum absolute atomic E-state index is 13.3. The standard InChI is InChI=1S/C31H35NO3/c1-20(2)19-32-29-26(23-12-7-21(3)8-13-23)17-25(18-27(29)31(4,5)6)28(33)16-11-22-9-14-24(15-10-22)30(34)35/h7-18,20,32H,19H2,1-6H3,(H,34,35)/b16-11+. The van der Waals surface area contributed by atoms with Gasteiger partial charge in [0.05, 0.1) is 5.56 Å². The Labute approximate surface area is 208 Å². The molecule has 3 rings (SSSR count). The van der Waals surface area contributed by atoms with Crippen LogP contribution in [0, 0.1) is 12.8 Å². The topological polar surface area (TPSA) is 66.4 Å². The fraction of sp³-hybridized carbons (Fsp3) is 0.290. The van der Waals surface area contributed by atoms with Gasteiger partial charge in [-0.15, -0.1) is 0 Å². The van der Waals surface area contributed by atoms with E-state index in [2.05, 4.69) is 71.1 Å². The number of carbonyl (C=O) groups is 2. The second-order valence-electron chi connectivity index (χ2n) is 10.5. The molecular weight excluding hydrogens is 434 g/mol. The molecule has 4 nitrogen and oxygen atoms in total. The molecule has 0 bridgehead atoms. The highest BCUT2D eigenvalue weighted by Gasteiger charge is 2.23. The maximum Gasteiger partial charge on any atom is 0.335 e. The lowest BCUT2D eigenvalue weighted by molar-refractivity contribution is 0.0696. The summed E-state index contributed by atoms with van der Waals surface area (Å²) in [6.45, 7) is 13.8. The molecule has 3 aromatic rings. The molecule has 0 aliphatic rings. The van der Waals surface area contributed by atoms with E-state index >= 15 is 0 Å². The van der Waals surface area contributed by atoms with Crippen molar-refractivity contribution in [1.29, 1.82) is 0 Å². The molecule has 0 heterocycles. The van der Waals surface area contributed by atoms with E-state index in [1.54, 1.807) is 24.3 Å². The van der Waals surface area contributed by atoms with Crippen LogP contribution in [0.2, 0.25) is 0 Å². The zero-order valence-electron chi connectivity index (χ0n) is 21.5. The van der Waals surface area contributed by atoms with E-state index < -0.39 is 5.97 Å². The third-order valence-corrected chi connectivity index (χ3v) is 5.87. The molecule has 0 saturated carbocycles. The van der Waals surface area contributed by atoms with Crippen LogP contribution in [0.25, 0.3) is 17.2 Å². The van der Waals surface area contributed by atoms with Gasteiger partial charge in [0.15, 0.2) is 5.78 Å². The molecule has 0 amide bonds. The summed E-state index contributed by atoms with van der Waals surface area (Å²) in [4.78, 5) is 24.4. The minimum absolute atomic E-state index is 0.0958. The van der Waals surface area contributed by atoms with Crippen LogP contribution in [0.4, 0.5) is 5.69 Å². The van der Waals surface area contributed by atoms with Crippen LogP contribution in [0.1, 0.15) is 72.0 Å². The molecule has 4 heteroatoms. The Balaban J connectivity index is 2.08. The summed E-state index contributed by atoms with van der Waals surface area (Å²) in [5, 5.41) is 12.7. The largest absolute Gasteiger partial charge is 0.478 e. The lowest BCUT2D eigenvalue weighted by Crippen LogP contribution is -2.19. The Hall–Kier alpha value is -3.66. The van der Waals surface area contributed by atoms with Crippen molar-refractivity contribution in [2.45, 2.75) is 47.0 Å². The van der Waals surface area contributed by atoms with Crippen molar-refractivity contribution in [3.63, 3.8) is 0 Å². The Bertz CT molecular complexity index is 1230. The molecule has 0 aromatic heterocycles. The summed E-state index contributed by atoms with van der Waals surface area (Å²) in [6.07, 6.45) is 3.28. The first-order chi connectivity index (χ1) is 16.5. The van der Waals surface area contributed by atoms with Gasteiger partial charge in [-0.25, -0.2) is 4.79 Å². The summed E-state index contributed by atoms with van der Waals surface area (Å²) in [7, 11) is 0. The first-order valence-electron chi connectivity index (χ1n) is 12.0. The van der Waals surface area contributed by atoms with Crippen molar-refractivity contribution >= 4 is 23.5 Å². The predicted octanol–water partition coefficient (Wildman–Crippen LogP) is 7.62. The summed E-state index contributed by atoms with van der Waals surface area (Å²) >= 11 is 0. The van der Waals surface area contributed by atoms with Crippen LogP contribution in [-0.4, -0.2) is 23.4 Å². The van der Waals surface area contributed by atoms with Crippen LogP contribution in [0.5, 0.6) is 0 Å². The third-order valence-electron chi connectivity index (χ3n) is 5.87. The SMILES string of the molecule is Cc1ccc(-c2cc(C(=O)/C=C/c3ccc(C(=O)O)cc3)cc(C(C)(C)C)c2NCC(C)C)cc1. The molecule has 0 fully saturated rings. The summed E-state index contributed by atoms with van der Waals surface area (Å²) in [5.41, 5.74) is 6.87. The second kappa shape index (κ2) is 10.7. The number of hydrogen-bond donors (Lipinski definition) is 2. The maximum atomic E-state index is 13.3. The van der Waals surface area contributed by atoms with Crippen LogP contribution >= 0.6 is 0 Å². The predicted molar refractivity (Wildman–Crippen MR) is 145 cm³/mol. The van der Waals surface area contributed by atoms with Crippen LogP contribution in [0.15, 0.2) is 66.7 Å². The van der Waals surface area contributed by atoms with Crippen LogP contribution in [0.3, 0.4) is 0 Å². The first kappa shape index (κ1) is 26.0. The Morgan fingerprint density at radius 3 is 2.11 bits per heavy atom. The third kappa shape index (κ3) is 6.69. The molecule has 3 aromatic carbocycles. The van der Waals surface area contributed by atoms with Gasteiger partial charge in [0, 0.05) is 23.4 Å². The Morgan fingerprint density at radius 2 is 1.57 bits per heavy atom. The second-order valence-corrected chi connectivity index (χ2v) is 10.5. The molecule has 0 aliphatic carbocycles. The summed E-state index contributed by atoms with van der Waals surface area (Å²) in [5.74, 6) is -0.590. The first-order valence-corrected chi connectivity index (χ1v) is 12.0. The zero-order valence-corrected chi connectivity index (χ0v) is 21.5. The minimum Gasteiger partial charge on any atom is -0.478 e. The van der Waals surface area contributed by atoms with E-state index in [-0.39, 0.29) is 16.8 Å². The monoisotopic (exact) mass is 469 g/mol. The zero-order chi connectivity index (χ0) is 25.8. The number of carboxylic acids is 1. The molecule has 0 atom stereocenters. The van der Waals surface area contributed by atoms with Gasteiger partial charge in [0.1, 0.15) is 0 Å². The lowest BCUT2D eigenvalue weighted by Gasteiger charge is -2.27. The van der Waals surface area contributed by atoms with Crippen molar-refractivity contribution in [2.75, 3.05) is 11.9 Å². The van der Waals surface area contributed by atoms with Crippen molar-refractivity contribution in [3.8, 4) is 11.1 Å². The van der Waals surface area contributed by atoms with Gasteiger partial charge in [0.25, 0.3) is 0 Å². The molecule has 35 heavy (non-hydrogen) atoms. The highest BCUT2D eigenvalue weighted by Crippen LogP contribution is 2.39. The average molecular weight is 470 g/mol. The Kier molecular flexibility index (Phi) is 7.96. The number of carboxylic acid groups (broad SMARTS) is 1. The molecule has 0 unspecified atom stereocenters. The van der Waals surface area contributed by atoms with E-state index in [1.807, 2.05) is 12.1 Å². The summed E-state index contributed by atoms with van der Waals surface area (Å²) < 4.78 is 0. The van der Waals surface area contributed by atoms with Gasteiger partial charge < -0.3 is 10.4 Å². The molecule has 2 N–H and O–H groups in total. The van der Waals surface area contributed by atoms with Gasteiger partial charge in [-0.1, -0.05) is 82.7 Å². The number of aryl methyl sites for hydroxylation is 1. The fourth-order valence-corrected chi connectivity index (χ4v) is 3.84. The van der Waals surface area contributed by atoms with E-state index in [0.717, 1.165) is 34.5 Å². The highest BCUT2D eigenvalue weighted by molar-refractivity contribution is 6.08. The fourth-order valence-electron chi connectivity index (χ4n) is 3.84. The number of carbonyl (C=O) groups excluding carboxylic acids is 1. The van der Waals surface area contributed by atoms with Crippen molar-refractivity contribution in [3.05, 3.63) is 94.6 Å². The van der Waals surface area contributed by atoms with Gasteiger partial charge in [-0.05, 0) is 65.3 Å². The molecule has 0 radical (unpaired) electrons. The van der Waals surface area contributed by atoms with Crippen molar-refractivity contribution < 1.29 is 14.7 Å². The van der Waals surface area contributed by atoms with E-state index in [0.29, 0.717) is 11.5 Å². The van der Waals surface area contributed by atoms with Crippen molar-refractivity contribution in [1.82, 2.24) is 0 Å². The number of ketones is 1. The van der Waals surface area contributed by atoms with Crippen molar-refractivity contribution in [2.24, 2.45) is 5.92 Å². The van der Waals surface area contributed by atoms with E-state index in [4.69, 9.17) is 5.11 Å². The van der Waals surface area contributed by atoms with E-state index in [9.17, 15) is 9.59 Å². The number of aromatic carboxylic acids is 1. The number of allylic oxidation sites excluding steroid dienone is 1. The van der Waals surface area contributed by atoms with Crippen LogP contribution in [-0.2, 0) is 5.41 Å². The molecule has 0 aliphatic heterocycles. The van der Waals surface area contributed by atoms with Crippen LogP contribution < -0.4 is 5.32 Å².